The molecular weight excluding hydrogens is 148 g/mol. The number of aryl methyl sites for hydroxylation is 1. The molecule has 64 valence electrons. The van der Waals surface area contributed by atoms with Gasteiger partial charge < -0.3 is 11.1 Å². The Morgan fingerprint density at radius 1 is 1.42 bits per heavy atom. The van der Waals surface area contributed by atoms with Gasteiger partial charge in [-0.3, -0.25) is 0 Å². The van der Waals surface area contributed by atoms with Crippen molar-refractivity contribution in [3.63, 3.8) is 0 Å². The number of anilines is 1. The maximum atomic E-state index is 5.60. The van der Waals surface area contributed by atoms with Crippen LogP contribution in [0.1, 0.15) is 12.0 Å². The summed E-state index contributed by atoms with van der Waals surface area (Å²) in [6.07, 6.45) is 2.32. The summed E-state index contributed by atoms with van der Waals surface area (Å²) < 4.78 is 0. The van der Waals surface area contributed by atoms with Crippen molar-refractivity contribution >= 4 is 5.69 Å². The lowest BCUT2D eigenvalue weighted by Crippen LogP contribution is -2.32. The molecule has 1 heterocycles. The van der Waals surface area contributed by atoms with E-state index >= 15 is 0 Å². The van der Waals surface area contributed by atoms with Crippen molar-refractivity contribution in [1.29, 1.82) is 0 Å². The minimum Gasteiger partial charge on any atom is -0.381 e. The second-order valence-corrected chi connectivity index (χ2v) is 3.27. The number of nitrogens with two attached hydrogens (primary N) is 1. The van der Waals surface area contributed by atoms with Gasteiger partial charge in [-0.15, -0.1) is 0 Å². The third-order valence-corrected chi connectivity index (χ3v) is 2.42. The third-order valence-electron chi connectivity index (χ3n) is 2.42. The fourth-order valence-corrected chi connectivity index (χ4v) is 1.68. The lowest BCUT2D eigenvalue weighted by Gasteiger charge is -2.25. The van der Waals surface area contributed by atoms with Gasteiger partial charge in [0.05, 0.1) is 0 Å². The topological polar surface area (TPSA) is 38.0 Å². The molecule has 1 aromatic rings. The first kappa shape index (κ1) is 7.62. The molecule has 2 nitrogen and oxygen atoms in total. The molecule has 0 fully saturated rings. The van der Waals surface area contributed by atoms with E-state index in [1.165, 1.54) is 11.3 Å². The van der Waals surface area contributed by atoms with Crippen LogP contribution in [0.5, 0.6) is 0 Å². The molecule has 3 N–H and O–H groups in total. The summed E-state index contributed by atoms with van der Waals surface area (Å²) in [4.78, 5) is 0. The smallest absolute Gasteiger partial charge is 0.0387 e. The summed E-state index contributed by atoms with van der Waals surface area (Å²) in [7, 11) is 0. The van der Waals surface area contributed by atoms with E-state index < -0.39 is 0 Å². The van der Waals surface area contributed by atoms with Crippen molar-refractivity contribution in [2.24, 2.45) is 5.73 Å². The number of benzene rings is 1. The number of hydrogen-bond acceptors (Lipinski definition) is 2. The van der Waals surface area contributed by atoms with Crippen molar-refractivity contribution in [2.75, 3.05) is 11.9 Å². The summed E-state index contributed by atoms with van der Waals surface area (Å²) in [5, 5.41) is 3.42. The first-order valence-corrected chi connectivity index (χ1v) is 4.44. The summed E-state index contributed by atoms with van der Waals surface area (Å²) in [6.45, 7) is 0.730. The molecule has 0 aromatic heterocycles. The Morgan fingerprint density at radius 2 is 2.25 bits per heavy atom. The Balaban J connectivity index is 2.23. The second kappa shape index (κ2) is 3.15. The maximum absolute atomic E-state index is 5.60. The van der Waals surface area contributed by atoms with E-state index in [0.717, 1.165) is 19.4 Å². The molecule has 1 aromatic carbocycles. The third kappa shape index (κ3) is 1.30. The van der Waals surface area contributed by atoms with Crippen LogP contribution in [0.15, 0.2) is 24.3 Å². The number of hydrogen-bond donors (Lipinski definition) is 2. The molecule has 12 heavy (non-hydrogen) atoms. The molecule has 0 radical (unpaired) electrons. The molecule has 0 spiro atoms. The maximum Gasteiger partial charge on any atom is 0.0387 e. The van der Waals surface area contributed by atoms with Crippen LogP contribution in [0.25, 0.3) is 0 Å². The molecular formula is C10H14N2. The number of rotatable bonds is 1. The first-order chi connectivity index (χ1) is 5.90. The largest absolute Gasteiger partial charge is 0.381 e. The standard InChI is InChI=1S/C10H14N2/c11-7-9-6-5-8-3-1-2-4-10(8)12-9/h1-4,9,12H,5-7,11H2/t9-/m1/s1. The van der Waals surface area contributed by atoms with Gasteiger partial charge in [0, 0.05) is 18.3 Å². The Kier molecular flexibility index (Phi) is 2.00. The lowest BCUT2D eigenvalue weighted by molar-refractivity contribution is 0.639. The first-order valence-electron chi connectivity index (χ1n) is 4.44. The average molecular weight is 162 g/mol. The molecule has 0 saturated carbocycles. The zero-order chi connectivity index (χ0) is 8.39. The van der Waals surface area contributed by atoms with Crippen LogP contribution in [0.3, 0.4) is 0 Å². The van der Waals surface area contributed by atoms with Gasteiger partial charge in [0.15, 0.2) is 0 Å². The van der Waals surface area contributed by atoms with E-state index in [-0.39, 0.29) is 0 Å². The molecule has 0 saturated heterocycles. The fourth-order valence-electron chi connectivity index (χ4n) is 1.68. The van der Waals surface area contributed by atoms with Gasteiger partial charge in [-0.05, 0) is 24.5 Å². The van der Waals surface area contributed by atoms with Gasteiger partial charge in [-0.2, -0.15) is 0 Å². The molecule has 1 aliphatic heterocycles. The van der Waals surface area contributed by atoms with Crippen LogP contribution in [0, 0.1) is 0 Å². The summed E-state index contributed by atoms with van der Waals surface area (Å²) in [5.74, 6) is 0. The summed E-state index contributed by atoms with van der Waals surface area (Å²) in [5.41, 5.74) is 8.28. The van der Waals surface area contributed by atoms with Crippen LogP contribution in [0.4, 0.5) is 5.69 Å². The summed E-state index contributed by atoms with van der Waals surface area (Å²) >= 11 is 0. The second-order valence-electron chi connectivity index (χ2n) is 3.27. The SMILES string of the molecule is NC[C@H]1CCc2ccccc2N1. The highest BCUT2D eigenvalue weighted by Crippen LogP contribution is 2.23. The number of nitrogens with one attached hydrogen (secondary N) is 1. The number of fused-ring (bicyclic) bond motifs is 1. The van der Waals surface area contributed by atoms with Gasteiger partial charge in [0.25, 0.3) is 0 Å². The van der Waals surface area contributed by atoms with E-state index in [9.17, 15) is 0 Å². The zero-order valence-corrected chi connectivity index (χ0v) is 7.09. The van der Waals surface area contributed by atoms with Gasteiger partial charge >= 0.3 is 0 Å². The Morgan fingerprint density at radius 3 is 3.08 bits per heavy atom. The van der Waals surface area contributed by atoms with Crippen LogP contribution >= 0.6 is 0 Å². The van der Waals surface area contributed by atoms with Crippen LogP contribution in [-0.2, 0) is 6.42 Å². The van der Waals surface area contributed by atoms with Crippen molar-refractivity contribution in [2.45, 2.75) is 18.9 Å². The molecule has 2 heteroatoms. The van der Waals surface area contributed by atoms with Crippen LogP contribution < -0.4 is 11.1 Å². The highest BCUT2D eigenvalue weighted by Gasteiger charge is 2.14. The lowest BCUT2D eigenvalue weighted by atomic mass is 9.98. The Labute approximate surface area is 72.8 Å². The highest BCUT2D eigenvalue weighted by atomic mass is 14.9. The van der Waals surface area contributed by atoms with Crippen molar-refractivity contribution in [1.82, 2.24) is 0 Å². The quantitative estimate of drug-likeness (QED) is 0.654. The highest BCUT2D eigenvalue weighted by molar-refractivity contribution is 5.53. The molecule has 0 unspecified atom stereocenters. The van der Waals surface area contributed by atoms with Crippen molar-refractivity contribution in [3.8, 4) is 0 Å². The zero-order valence-electron chi connectivity index (χ0n) is 7.09. The normalized spacial score (nSPS) is 21.2. The van der Waals surface area contributed by atoms with E-state index in [1.54, 1.807) is 0 Å². The minimum absolute atomic E-state index is 0.472. The Hall–Kier alpha value is -1.02. The predicted molar refractivity (Wildman–Crippen MR) is 51.2 cm³/mol. The molecule has 0 aliphatic carbocycles. The van der Waals surface area contributed by atoms with Gasteiger partial charge in [0.2, 0.25) is 0 Å². The minimum atomic E-state index is 0.472. The van der Waals surface area contributed by atoms with Crippen LogP contribution in [0.2, 0.25) is 0 Å². The molecule has 0 bridgehead atoms. The van der Waals surface area contributed by atoms with Gasteiger partial charge in [-0.25, -0.2) is 0 Å². The van der Waals surface area contributed by atoms with Crippen molar-refractivity contribution in [3.05, 3.63) is 29.8 Å². The van der Waals surface area contributed by atoms with Gasteiger partial charge in [0.1, 0.15) is 0 Å². The van der Waals surface area contributed by atoms with E-state index in [0.29, 0.717) is 6.04 Å². The Bertz CT molecular complexity index is 270. The monoisotopic (exact) mass is 162 g/mol. The fraction of sp³-hybridized carbons (Fsp3) is 0.400. The van der Waals surface area contributed by atoms with Crippen LogP contribution in [-0.4, -0.2) is 12.6 Å². The number of para-hydroxylation sites is 1. The molecule has 1 aliphatic rings. The van der Waals surface area contributed by atoms with Gasteiger partial charge in [-0.1, -0.05) is 18.2 Å². The summed E-state index contributed by atoms with van der Waals surface area (Å²) in [6, 6.07) is 8.92. The van der Waals surface area contributed by atoms with E-state index in [1.807, 2.05) is 0 Å². The predicted octanol–water partition coefficient (Wildman–Crippen LogP) is 1.37. The molecule has 1 atom stereocenters. The van der Waals surface area contributed by atoms with Crippen molar-refractivity contribution < 1.29 is 0 Å². The average Bonchev–Trinajstić information content (AvgIpc) is 2.17. The molecule has 0 amide bonds. The van der Waals surface area contributed by atoms with E-state index in [4.69, 9.17) is 5.73 Å². The van der Waals surface area contributed by atoms with E-state index in [2.05, 4.69) is 29.6 Å². The molecule has 2 rings (SSSR count).